The molecule has 4 saturated heterocycles. The molecule has 0 saturated carbocycles. The van der Waals surface area contributed by atoms with E-state index < -0.39 is 33.1 Å². The highest BCUT2D eigenvalue weighted by Gasteiger charge is 2.74. The zero-order valence-electron chi connectivity index (χ0n) is 20.9. The Morgan fingerprint density at radius 1 is 1.03 bits per heavy atom. The van der Waals surface area contributed by atoms with Crippen molar-refractivity contribution in [3.63, 3.8) is 0 Å². The van der Waals surface area contributed by atoms with Crippen LogP contribution < -0.4 is 4.74 Å². The molecule has 10 nitrogen and oxygen atoms in total. The summed E-state index contributed by atoms with van der Waals surface area (Å²) in [6.07, 6.45) is -1.97. The molecule has 13 heteroatoms. The second-order valence-electron chi connectivity index (χ2n) is 10.4. The molecule has 4 aliphatic rings. The molecule has 4 bridgehead atoms. The molecule has 0 radical (unpaired) electrons. The summed E-state index contributed by atoms with van der Waals surface area (Å²) in [7, 11) is -9.12. The van der Waals surface area contributed by atoms with Gasteiger partial charge in [-0.05, 0) is 41.7 Å². The minimum absolute atomic E-state index is 0.00907. The lowest BCUT2D eigenvalue weighted by Crippen LogP contribution is -2.81. The van der Waals surface area contributed by atoms with Crippen LogP contribution in [0.2, 0.25) is 11.7 Å². The molecule has 4 fully saturated rings. The van der Waals surface area contributed by atoms with Gasteiger partial charge in [-0.25, -0.2) is 0 Å². The molecule has 4 heterocycles. The summed E-state index contributed by atoms with van der Waals surface area (Å²) in [5.41, 5.74) is 2.25. The smallest absolute Gasteiger partial charge is 0.494 e. The van der Waals surface area contributed by atoms with Gasteiger partial charge in [0.1, 0.15) is 5.75 Å². The number of hydrogen-bond donors (Lipinski definition) is 2. The van der Waals surface area contributed by atoms with Gasteiger partial charge in [0.2, 0.25) is 0 Å². The number of aliphatic hydroxyl groups is 1. The van der Waals surface area contributed by atoms with E-state index >= 15 is 0 Å². The van der Waals surface area contributed by atoms with Crippen LogP contribution >= 0.6 is 0 Å². The quantitative estimate of drug-likeness (QED) is 0.204. The third-order valence-corrected chi connectivity index (χ3v) is 17.4. The molecule has 4 atom stereocenters. The van der Waals surface area contributed by atoms with Crippen LogP contribution in [0.3, 0.4) is 0 Å². The van der Waals surface area contributed by atoms with Gasteiger partial charge in [0.25, 0.3) is 0 Å². The van der Waals surface area contributed by atoms with Gasteiger partial charge in [-0.15, -0.1) is 0 Å². The van der Waals surface area contributed by atoms with Crippen molar-refractivity contribution in [2.24, 2.45) is 0 Å². The molecule has 198 valence electrons. The first-order valence-electron chi connectivity index (χ1n) is 12.2. The second-order valence-corrected chi connectivity index (χ2v) is 18.6. The highest BCUT2D eigenvalue weighted by molar-refractivity contribution is 6.88. The first kappa shape index (κ1) is 26.6. The van der Waals surface area contributed by atoms with Crippen LogP contribution in [0.5, 0.6) is 5.75 Å². The molecule has 2 N–H and O–H groups in total. The number of ketones is 2. The molecule has 37 heavy (non-hydrogen) atoms. The Labute approximate surface area is 218 Å². The van der Waals surface area contributed by atoms with E-state index in [4.69, 9.17) is 26.2 Å². The Hall–Kier alpha value is -2.05. The maximum atomic E-state index is 12.6. The zero-order valence-corrected chi connectivity index (χ0v) is 24.0. The highest BCUT2D eigenvalue weighted by atomic mass is 28.5. The maximum absolute atomic E-state index is 12.6. The Balaban J connectivity index is 1.10. The van der Waals surface area contributed by atoms with Gasteiger partial charge in [-0.3, -0.25) is 18.4 Å². The van der Waals surface area contributed by atoms with E-state index in [0.29, 0.717) is 35.9 Å². The van der Waals surface area contributed by atoms with Crippen molar-refractivity contribution < 1.29 is 45.7 Å². The first-order chi connectivity index (χ1) is 17.4. The van der Waals surface area contributed by atoms with E-state index in [9.17, 15) is 19.5 Å². The van der Waals surface area contributed by atoms with Crippen molar-refractivity contribution in [3.05, 3.63) is 65.2 Å². The molecule has 4 aliphatic heterocycles. The van der Waals surface area contributed by atoms with E-state index in [1.165, 1.54) is 0 Å². The summed E-state index contributed by atoms with van der Waals surface area (Å²) in [6, 6.07) is 14.3. The Bertz CT molecular complexity index is 1160. The molecule has 6 rings (SSSR count). The lowest BCUT2D eigenvalue weighted by atomic mass is 9.86. The molecule has 2 aromatic carbocycles. The summed E-state index contributed by atoms with van der Waals surface area (Å²) < 4.78 is 33.1. The van der Waals surface area contributed by atoms with Gasteiger partial charge < -0.3 is 27.3 Å². The van der Waals surface area contributed by atoms with Crippen molar-refractivity contribution >= 4 is 38.5 Å². The van der Waals surface area contributed by atoms with Gasteiger partial charge in [-0.2, -0.15) is 0 Å². The summed E-state index contributed by atoms with van der Waals surface area (Å²) >= 11 is 0. The Kier molecular flexibility index (Phi) is 6.89. The molecular formula is C24H30O10Si3. The van der Waals surface area contributed by atoms with Crippen LogP contribution in [0.4, 0.5) is 0 Å². The fourth-order valence-corrected chi connectivity index (χ4v) is 17.1. The Morgan fingerprint density at radius 2 is 1.65 bits per heavy atom. The maximum Gasteiger partial charge on any atom is 0.498 e. The number of Topliss-reactive ketones (excluding diaryl/α,β-unsaturated/α-hetero) is 2. The lowest BCUT2D eigenvalue weighted by molar-refractivity contribution is -0.444. The number of rotatable bonds is 9. The predicted octanol–water partition coefficient (Wildman–Crippen LogP) is 2.57. The van der Waals surface area contributed by atoms with E-state index in [0.717, 1.165) is 5.56 Å². The van der Waals surface area contributed by atoms with Crippen molar-refractivity contribution in [1.82, 2.24) is 0 Å². The van der Waals surface area contributed by atoms with Gasteiger partial charge in [0, 0.05) is 17.2 Å². The molecule has 0 amide bonds. The summed E-state index contributed by atoms with van der Waals surface area (Å²) in [5.74, 6) is 0.0788. The molecule has 0 aliphatic carbocycles. The van der Waals surface area contributed by atoms with E-state index in [-0.39, 0.29) is 29.1 Å². The fourth-order valence-electron chi connectivity index (χ4n) is 4.45. The highest BCUT2D eigenvalue weighted by Crippen LogP contribution is 2.46. The van der Waals surface area contributed by atoms with Crippen molar-refractivity contribution in [1.29, 1.82) is 0 Å². The average Bonchev–Trinajstić information content (AvgIpc) is 2.79. The number of carbonyl (C=O) groups excluding carboxylic acids is 2. The zero-order chi connectivity index (χ0) is 26.5. The topological polar surface area (TPSA) is 130 Å². The fraction of sp³-hybridized carbons (Fsp3) is 0.417. The normalized spacial score (nSPS) is 30.4. The summed E-state index contributed by atoms with van der Waals surface area (Å²) in [6.45, 7) is 6.61. The van der Waals surface area contributed by atoms with Crippen molar-refractivity contribution in [3.8, 4) is 5.75 Å². The van der Waals surface area contributed by atoms with Crippen LogP contribution in [0.1, 0.15) is 59.9 Å². The molecular weight excluding hydrogens is 533 g/mol. The van der Waals surface area contributed by atoms with Crippen molar-refractivity contribution in [2.45, 2.75) is 56.9 Å². The van der Waals surface area contributed by atoms with Gasteiger partial charge >= 0.3 is 33.1 Å². The number of hydrogen-bond acceptors (Lipinski definition) is 10. The van der Waals surface area contributed by atoms with Crippen molar-refractivity contribution in [2.75, 3.05) is 6.61 Å². The van der Waals surface area contributed by atoms with Crippen LogP contribution in [0.25, 0.3) is 0 Å². The van der Waals surface area contributed by atoms with Gasteiger partial charge in [0.15, 0.2) is 11.6 Å². The van der Waals surface area contributed by atoms with E-state index in [1.807, 2.05) is 12.1 Å². The summed E-state index contributed by atoms with van der Waals surface area (Å²) in [5, 5.41) is 10.2. The van der Waals surface area contributed by atoms with Gasteiger partial charge in [-0.1, -0.05) is 45.0 Å². The predicted molar refractivity (Wildman–Crippen MR) is 136 cm³/mol. The third kappa shape index (κ3) is 5.85. The standard InChI is InChI=1S/C24H30O10Si3/c1-23(2,3)19-9-5-17(6-10-19)21(25)15-22(26)18-7-11-20(12-8-18)29-13-4-14-37-32-24(27)30-35(33-37)16-36(28,31-24)34-37/h5-12,27-28,35H,4,13-16H2,1-3H3. The van der Waals surface area contributed by atoms with Crippen LogP contribution in [-0.2, 0) is 26.9 Å². The van der Waals surface area contributed by atoms with E-state index in [2.05, 4.69) is 20.8 Å². The van der Waals surface area contributed by atoms with Crippen LogP contribution in [0.15, 0.2) is 48.5 Å². The minimum atomic E-state index is -3.53. The minimum Gasteiger partial charge on any atom is -0.494 e. The van der Waals surface area contributed by atoms with Crippen LogP contribution in [0, 0.1) is 0 Å². The molecule has 0 aromatic heterocycles. The first-order valence-corrected chi connectivity index (χ1v) is 17.8. The SMILES string of the molecule is CC(C)(C)c1ccc(C(=O)CC(=O)c2ccc(OCCC[Si]34O[SiH]5C[Si](O)(OC(O)(O5)O3)O4)cc2)cc1. The van der Waals surface area contributed by atoms with E-state index in [1.54, 1.807) is 36.4 Å². The lowest BCUT2D eigenvalue weighted by Gasteiger charge is -2.56. The monoisotopic (exact) mass is 562 g/mol. The van der Waals surface area contributed by atoms with Crippen LogP contribution in [-0.4, -0.2) is 61.1 Å². The summed E-state index contributed by atoms with van der Waals surface area (Å²) in [4.78, 5) is 35.7. The largest absolute Gasteiger partial charge is 0.498 e. The number of benzene rings is 2. The molecule has 4 unspecified atom stereocenters. The second kappa shape index (κ2) is 9.60. The number of carbonyl (C=O) groups is 2. The van der Waals surface area contributed by atoms with Gasteiger partial charge in [0.05, 0.1) is 18.7 Å². The average molecular weight is 563 g/mol. The molecule has 2 aromatic rings. The number of ether oxygens (including phenoxy) is 1. The third-order valence-electron chi connectivity index (χ3n) is 6.37. The Morgan fingerprint density at radius 3 is 2.22 bits per heavy atom. The molecule has 0 spiro atoms.